The van der Waals surface area contributed by atoms with Gasteiger partial charge in [0.25, 0.3) is 5.91 Å². The maximum absolute atomic E-state index is 12.6. The fraction of sp³-hybridized carbons (Fsp3) is 0.263. The summed E-state index contributed by atoms with van der Waals surface area (Å²) in [6.45, 7) is 3.55. The lowest BCUT2D eigenvalue weighted by Gasteiger charge is -2.17. The van der Waals surface area contributed by atoms with Crippen LogP contribution >= 0.6 is 11.6 Å². The zero-order valence-corrected chi connectivity index (χ0v) is 16.5. The number of halogens is 1. The van der Waals surface area contributed by atoms with E-state index in [1.54, 1.807) is 13.0 Å². The first-order valence-corrected chi connectivity index (χ1v) is 10.5. The molecule has 1 atom stereocenters. The summed E-state index contributed by atoms with van der Waals surface area (Å²) in [6, 6.07) is 11.6. The van der Waals surface area contributed by atoms with Gasteiger partial charge in [-0.05, 0) is 36.2 Å². The molecule has 0 aromatic heterocycles. The van der Waals surface area contributed by atoms with E-state index >= 15 is 0 Å². The minimum absolute atomic E-state index is 0.0709. The number of aryl methyl sites for hydroxylation is 1. The quantitative estimate of drug-likeness (QED) is 0.842. The van der Waals surface area contributed by atoms with Crippen molar-refractivity contribution in [2.75, 3.05) is 15.4 Å². The summed E-state index contributed by atoms with van der Waals surface area (Å²) in [5.41, 5.74) is 2.01. The number of rotatable bonds is 4. The summed E-state index contributed by atoms with van der Waals surface area (Å²) in [7, 11) is -3.72. The van der Waals surface area contributed by atoms with Crippen LogP contribution in [-0.2, 0) is 21.2 Å². The van der Waals surface area contributed by atoms with E-state index in [1.807, 2.05) is 25.1 Å². The number of anilines is 2. The van der Waals surface area contributed by atoms with Crippen LogP contribution in [-0.4, -0.2) is 26.0 Å². The summed E-state index contributed by atoms with van der Waals surface area (Å²) in [6.07, 6.45) is 0.760. The van der Waals surface area contributed by atoms with Crippen molar-refractivity contribution in [3.63, 3.8) is 0 Å². The van der Waals surface area contributed by atoms with Crippen LogP contribution in [0.1, 0.15) is 29.8 Å². The minimum Gasteiger partial charge on any atom is -0.322 e. The molecule has 0 bridgehead atoms. The Hall–Kier alpha value is -2.38. The third kappa shape index (κ3) is 3.70. The molecule has 1 aliphatic heterocycles. The van der Waals surface area contributed by atoms with Gasteiger partial charge in [0.05, 0.1) is 27.9 Å². The number of nitrogens with zero attached hydrogens (tertiary/aromatic N) is 1. The van der Waals surface area contributed by atoms with Crippen molar-refractivity contribution in [2.24, 2.45) is 5.92 Å². The second kappa shape index (κ2) is 7.32. The molecule has 1 fully saturated rings. The fourth-order valence-corrected chi connectivity index (χ4v) is 5.11. The maximum atomic E-state index is 12.6. The topological polar surface area (TPSA) is 83.6 Å². The predicted octanol–water partition coefficient (Wildman–Crippen LogP) is 3.47. The van der Waals surface area contributed by atoms with Gasteiger partial charge in [0.2, 0.25) is 15.9 Å². The minimum atomic E-state index is -3.72. The van der Waals surface area contributed by atoms with Crippen LogP contribution in [0.5, 0.6) is 0 Å². The lowest BCUT2D eigenvalue weighted by atomic mass is 10.1. The van der Waals surface area contributed by atoms with Crippen molar-refractivity contribution in [1.29, 1.82) is 0 Å². The van der Waals surface area contributed by atoms with Crippen molar-refractivity contribution in [2.45, 2.75) is 20.3 Å². The van der Waals surface area contributed by atoms with Crippen LogP contribution in [0.15, 0.2) is 42.5 Å². The molecule has 0 radical (unpaired) electrons. The Kier molecular flexibility index (Phi) is 5.26. The third-order valence-electron chi connectivity index (χ3n) is 4.44. The molecule has 2 aromatic rings. The average Bonchev–Trinajstić information content (AvgIpc) is 2.82. The lowest BCUT2D eigenvalue weighted by molar-refractivity contribution is -0.119. The molecule has 0 saturated carbocycles. The molecule has 3 rings (SSSR count). The Bertz CT molecular complexity index is 1020. The number of amides is 2. The van der Waals surface area contributed by atoms with Crippen molar-refractivity contribution >= 4 is 44.8 Å². The number of para-hydroxylation sites is 1. The summed E-state index contributed by atoms with van der Waals surface area (Å²) in [5, 5.41) is 2.89. The van der Waals surface area contributed by atoms with Gasteiger partial charge in [-0.3, -0.25) is 9.59 Å². The van der Waals surface area contributed by atoms with Crippen LogP contribution in [0.4, 0.5) is 11.4 Å². The van der Waals surface area contributed by atoms with Crippen LogP contribution in [0.25, 0.3) is 0 Å². The van der Waals surface area contributed by atoms with E-state index in [0.29, 0.717) is 5.69 Å². The van der Waals surface area contributed by atoms with Gasteiger partial charge in [0.1, 0.15) is 0 Å². The van der Waals surface area contributed by atoms with Gasteiger partial charge in [0, 0.05) is 5.69 Å². The Labute approximate surface area is 163 Å². The number of nitrogens with one attached hydrogen (secondary N) is 1. The second-order valence-corrected chi connectivity index (χ2v) is 8.68. The van der Waals surface area contributed by atoms with Crippen LogP contribution < -0.4 is 9.62 Å². The van der Waals surface area contributed by atoms with E-state index in [1.165, 1.54) is 18.2 Å². The Morgan fingerprint density at radius 1 is 1.26 bits per heavy atom. The highest BCUT2D eigenvalue weighted by atomic mass is 35.5. The highest BCUT2D eigenvalue weighted by molar-refractivity contribution is 7.94. The highest BCUT2D eigenvalue weighted by Crippen LogP contribution is 2.31. The van der Waals surface area contributed by atoms with Gasteiger partial charge < -0.3 is 5.32 Å². The predicted molar refractivity (Wildman–Crippen MR) is 106 cm³/mol. The number of sulfonamides is 1. The van der Waals surface area contributed by atoms with E-state index < -0.39 is 27.8 Å². The van der Waals surface area contributed by atoms with Crippen molar-refractivity contribution in [3.8, 4) is 0 Å². The van der Waals surface area contributed by atoms with E-state index in [2.05, 4.69) is 5.32 Å². The summed E-state index contributed by atoms with van der Waals surface area (Å²) >= 11 is 6.23. The molecule has 0 aliphatic carbocycles. The first-order chi connectivity index (χ1) is 12.7. The SMILES string of the molecule is CCc1ccccc1NC(=O)c1ccc(N2C(=O)C(C)CS2(=O)=O)cc1Cl. The number of carbonyl (C=O) groups excluding carboxylic acids is 2. The van der Waals surface area contributed by atoms with Gasteiger partial charge in [0.15, 0.2) is 0 Å². The monoisotopic (exact) mass is 406 g/mol. The van der Waals surface area contributed by atoms with Crippen molar-refractivity contribution in [1.82, 2.24) is 0 Å². The molecular formula is C19H19ClN2O4S. The molecule has 0 spiro atoms. The Morgan fingerprint density at radius 3 is 2.56 bits per heavy atom. The summed E-state index contributed by atoms with van der Waals surface area (Å²) < 4.78 is 25.2. The van der Waals surface area contributed by atoms with Crippen LogP contribution in [0.3, 0.4) is 0 Å². The number of hydrogen-bond acceptors (Lipinski definition) is 4. The molecule has 2 amide bonds. The first-order valence-electron chi connectivity index (χ1n) is 8.50. The van der Waals surface area contributed by atoms with Crippen LogP contribution in [0.2, 0.25) is 5.02 Å². The molecule has 2 aromatic carbocycles. The molecular weight excluding hydrogens is 388 g/mol. The van der Waals surface area contributed by atoms with Gasteiger partial charge in [-0.2, -0.15) is 0 Å². The largest absolute Gasteiger partial charge is 0.322 e. The molecule has 142 valence electrons. The standard InChI is InChI=1S/C19H19ClN2O4S/c1-3-13-6-4-5-7-17(13)21-18(23)15-9-8-14(10-16(15)20)22-19(24)12(2)11-27(22,25)26/h4-10,12H,3,11H2,1-2H3,(H,21,23). The maximum Gasteiger partial charge on any atom is 0.257 e. The smallest absolute Gasteiger partial charge is 0.257 e. The number of carbonyl (C=O) groups is 2. The molecule has 8 heteroatoms. The molecule has 1 N–H and O–H groups in total. The molecule has 6 nitrogen and oxygen atoms in total. The third-order valence-corrected chi connectivity index (χ3v) is 6.62. The average molecular weight is 407 g/mol. The first kappa shape index (κ1) is 19.4. The zero-order valence-electron chi connectivity index (χ0n) is 14.9. The highest BCUT2D eigenvalue weighted by Gasteiger charge is 2.42. The van der Waals surface area contributed by atoms with Gasteiger partial charge in [-0.25, -0.2) is 12.7 Å². The van der Waals surface area contributed by atoms with E-state index in [9.17, 15) is 18.0 Å². The van der Waals surface area contributed by atoms with Gasteiger partial charge in [-0.15, -0.1) is 0 Å². The Balaban J connectivity index is 1.89. The Morgan fingerprint density at radius 2 is 1.96 bits per heavy atom. The lowest BCUT2D eigenvalue weighted by Crippen LogP contribution is -2.30. The van der Waals surface area contributed by atoms with Gasteiger partial charge in [-0.1, -0.05) is 43.6 Å². The number of hydrogen-bond donors (Lipinski definition) is 1. The summed E-state index contributed by atoms with van der Waals surface area (Å²) in [4.78, 5) is 24.8. The van der Waals surface area contributed by atoms with E-state index in [-0.39, 0.29) is 22.0 Å². The fourth-order valence-electron chi connectivity index (χ4n) is 3.04. The number of benzene rings is 2. The van der Waals surface area contributed by atoms with Crippen LogP contribution in [0, 0.1) is 5.92 Å². The molecule has 1 saturated heterocycles. The molecule has 1 heterocycles. The molecule has 1 unspecified atom stereocenters. The van der Waals surface area contributed by atoms with E-state index in [4.69, 9.17) is 11.6 Å². The zero-order chi connectivity index (χ0) is 19.8. The van der Waals surface area contributed by atoms with Crippen molar-refractivity contribution in [3.05, 3.63) is 58.6 Å². The second-order valence-electron chi connectivity index (χ2n) is 6.41. The van der Waals surface area contributed by atoms with E-state index in [0.717, 1.165) is 16.3 Å². The summed E-state index contributed by atoms with van der Waals surface area (Å²) in [5.74, 6) is -1.75. The molecule has 27 heavy (non-hydrogen) atoms. The van der Waals surface area contributed by atoms with Gasteiger partial charge >= 0.3 is 0 Å². The van der Waals surface area contributed by atoms with Crippen molar-refractivity contribution < 1.29 is 18.0 Å². The normalized spacial score (nSPS) is 18.6. The molecule has 1 aliphatic rings.